The van der Waals surface area contributed by atoms with Crippen LogP contribution in [0.4, 0.5) is 0 Å². The second kappa shape index (κ2) is 4.04. The fraction of sp³-hybridized carbons (Fsp3) is 0.111. The van der Waals surface area contributed by atoms with Crippen molar-refractivity contribution in [2.45, 2.75) is 6.54 Å². The third kappa shape index (κ3) is 1.92. The van der Waals surface area contributed by atoms with Gasteiger partial charge < -0.3 is 5.73 Å². The molecule has 0 atom stereocenters. The maximum Gasteiger partial charge on any atom is 0.142 e. The number of nitrogens with two attached hydrogens (primary N) is 1. The first kappa shape index (κ1) is 9.58. The van der Waals surface area contributed by atoms with E-state index in [0.29, 0.717) is 11.6 Å². The van der Waals surface area contributed by atoms with Crippen LogP contribution in [0.15, 0.2) is 24.5 Å². The first-order valence-corrected chi connectivity index (χ1v) is 5.26. The largest absolute Gasteiger partial charge is 0.326 e. The van der Waals surface area contributed by atoms with E-state index in [0.717, 1.165) is 15.6 Å². The first-order chi connectivity index (χ1) is 6.79. The standard InChI is InChI=1S/C9H8ClN3S/c10-6-1-2-8(12-4-6)9-13-5-7(3-11)14-9/h1-2,4-5H,3,11H2. The summed E-state index contributed by atoms with van der Waals surface area (Å²) >= 11 is 7.28. The van der Waals surface area contributed by atoms with Crippen molar-refractivity contribution in [1.29, 1.82) is 0 Å². The molecule has 0 aliphatic carbocycles. The Morgan fingerprint density at radius 1 is 1.29 bits per heavy atom. The van der Waals surface area contributed by atoms with Gasteiger partial charge in [-0.05, 0) is 12.1 Å². The summed E-state index contributed by atoms with van der Waals surface area (Å²) in [5.74, 6) is 0. The second-order valence-electron chi connectivity index (χ2n) is 2.70. The van der Waals surface area contributed by atoms with E-state index in [4.69, 9.17) is 17.3 Å². The molecule has 0 unspecified atom stereocenters. The van der Waals surface area contributed by atoms with Gasteiger partial charge in [0, 0.05) is 23.8 Å². The minimum absolute atomic E-state index is 0.519. The SMILES string of the molecule is NCc1cnc(-c2ccc(Cl)cn2)s1. The minimum atomic E-state index is 0.519. The predicted octanol–water partition coefficient (Wildman–Crippen LogP) is 2.32. The molecule has 0 saturated carbocycles. The van der Waals surface area contributed by atoms with Crippen molar-refractivity contribution in [2.24, 2.45) is 5.73 Å². The van der Waals surface area contributed by atoms with Crippen LogP contribution in [0, 0.1) is 0 Å². The van der Waals surface area contributed by atoms with E-state index < -0.39 is 0 Å². The van der Waals surface area contributed by atoms with Crippen molar-refractivity contribution in [2.75, 3.05) is 0 Å². The molecule has 0 amide bonds. The lowest BCUT2D eigenvalue weighted by Crippen LogP contribution is -1.91. The number of hydrogen-bond acceptors (Lipinski definition) is 4. The molecule has 0 spiro atoms. The predicted molar refractivity (Wildman–Crippen MR) is 58.2 cm³/mol. The van der Waals surface area contributed by atoms with Crippen molar-refractivity contribution in [3.63, 3.8) is 0 Å². The van der Waals surface area contributed by atoms with Gasteiger partial charge in [0.15, 0.2) is 0 Å². The maximum absolute atomic E-state index is 5.73. The molecule has 0 bridgehead atoms. The molecule has 72 valence electrons. The van der Waals surface area contributed by atoms with Crippen LogP contribution in [0.5, 0.6) is 0 Å². The van der Waals surface area contributed by atoms with Crippen molar-refractivity contribution < 1.29 is 0 Å². The summed E-state index contributed by atoms with van der Waals surface area (Å²) in [5, 5.41) is 1.51. The molecule has 0 saturated heterocycles. The van der Waals surface area contributed by atoms with Crippen LogP contribution in [0.25, 0.3) is 10.7 Å². The molecule has 0 aliphatic rings. The third-order valence-corrected chi connectivity index (χ3v) is 2.97. The molecule has 2 N–H and O–H groups in total. The van der Waals surface area contributed by atoms with E-state index in [2.05, 4.69) is 9.97 Å². The lowest BCUT2D eigenvalue weighted by atomic mass is 10.4. The van der Waals surface area contributed by atoms with Gasteiger partial charge >= 0.3 is 0 Å². The quantitative estimate of drug-likeness (QED) is 0.854. The minimum Gasteiger partial charge on any atom is -0.326 e. The zero-order valence-electron chi connectivity index (χ0n) is 7.27. The van der Waals surface area contributed by atoms with E-state index >= 15 is 0 Å². The van der Waals surface area contributed by atoms with Gasteiger partial charge in [-0.1, -0.05) is 11.6 Å². The zero-order chi connectivity index (χ0) is 9.97. The number of nitrogens with zero attached hydrogens (tertiary/aromatic N) is 2. The van der Waals surface area contributed by atoms with Crippen molar-refractivity contribution in [3.05, 3.63) is 34.4 Å². The lowest BCUT2D eigenvalue weighted by molar-refractivity contribution is 1.10. The Morgan fingerprint density at radius 2 is 2.14 bits per heavy atom. The highest BCUT2D eigenvalue weighted by molar-refractivity contribution is 7.14. The average molecular weight is 226 g/mol. The van der Waals surface area contributed by atoms with E-state index in [-0.39, 0.29) is 0 Å². The summed E-state index contributed by atoms with van der Waals surface area (Å²) in [5.41, 5.74) is 6.33. The molecule has 0 radical (unpaired) electrons. The highest BCUT2D eigenvalue weighted by atomic mass is 35.5. The van der Waals surface area contributed by atoms with Gasteiger partial charge in [0.05, 0.1) is 10.7 Å². The lowest BCUT2D eigenvalue weighted by Gasteiger charge is -1.94. The van der Waals surface area contributed by atoms with Crippen molar-refractivity contribution >= 4 is 22.9 Å². The van der Waals surface area contributed by atoms with Crippen LogP contribution in [0.1, 0.15) is 4.88 Å². The molecular weight excluding hydrogens is 218 g/mol. The van der Waals surface area contributed by atoms with Gasteiger partial charge in [-0.25, -0.2) is 4.98 Å². The Kier molecular flexibility index (Phi) is 2.77. The molecule has 0 aliphatic heterocycles. The molecule has 2 aromatic heterocycles. The molecule has 14 heavy (non-hydrogen) atoms. The van der Waals surface area contributed by atoms with Crippen molar-refractivity contribution in [3.8, 4) is 10.7 Å². The zero-order valence-corrected chi connectivity index (χ0v) is 8.85. The Bertz CT molecular complexity index is 424. The Morgan fingerprint density at radius 3 is 2.71 bits per heavy atom. The van der Waals surface area contributed by atoms with Crippen LogP contribution < -0.4 is 5.73 Å². The summed E-state index contributed by atoms with van der Waals surface area (Å²) in [7, 11) is 0. The monoisotopic (exact) mass is 225 g/mol. The van der Waals surface area contributed by atoms with Gasteiger partial charge in [0.1, 0.15) is 5.01 Å². The number of hydrogen-bond donors (Lipinski definition) is 1. The van der Waals surface area contributed by atoms with Crippen LogP contribution in [-0.2, 0) is 6.54 Å². The van der Waals surface area contributed by atoms with Crippen LogP contribution >= 0.6 is 22.9 Å². The first-order valence-electron chi connectivity index (χ1n) is 4.06. The number of rotatable bonds is 2. The summed E-state index contributed by atoms with van der Waals surface area (Å²) in [6, 6.07) is 3.65. The number of halogens is 1. The van der Waals surface area contributed by atoms with E-state index in [1.54, 1.807) is 29.8 Å². The molecule has 3 nitrogen and oxygen atoms in total. The van der Waals surface area contributed by atoms with Gasteiger partial charge in [-0.3, -0.25) is 4.98 Å². The molecule has 5 heteroatoms. The topological polar surface area (TPSA) is 51.8 Å². The molecule has 0 aromatic carbocycles. The molecule has 0 fully saturated rings. The number of aromatic nitrogens is 2. The van der Waals surface area contributed by atoms with Gasteiger partial charge in [0.2, 0.25) is 0 Å². The average Bonchev–Trinajstić information content (AvgIpc) is 2.67. The molecular formula is C9H8ClN3S. The van der Waals surface area contributed by atoms with Crippen LogP contribution in [0.3, 0.4) is 0 Å². The summed E-state index contributed by atoms with van der Waals surface area (Å²) in [6.07, 6.45) is 3.39. The highest BCUT2D eigenvalue weighted by Crippen LogP contribution is 2.23. The smallest absolute Gasteiger partial charge is 0.142 e. The van der Waals surface area contributed by atoms with E-state index in [1.165, 1.54) is 0 Å². The second-order valence-corrected chi connectivity index (χ2v) is 4.25. The summed E-state index contributed by atoms with van der Waals surface area (Å²) in [4.78, 5) is 9.44. The molecule has 2 rings (SSSR count). The van der Waals surface area contributed by atoms with Gasteiger partial charge in [-0.15, -0.1) is 11.3 Å². The highest BCUT2D eigenvalue weighted by Gasteiger charge is 2.04. The Labute approximate surface area is 90.6 Å². The number of thiazole rings is 1. The van der Waals surface area contributed by atoms with Gasteiger partial charge in [0.25, 0.3) is 0 Å². The maximum atomic E-state index is 5.73. The summed E-state index contributed by atoms with van der Waals surface area (Å²) < 4.78 is 0. The normalized spacial score (nSPS) is 10.4. The van der Waals surface area contributed by atoms with Crippen molar-refractivity contribution in [1.82, 2.24) is 9.97 Å². The Hall–Kier alpha value is -0.970. The summed E-state index contributed by atoms with van der Waals surface area (Å²) in [6.45, 7) is 0.519. The van der Waals surface area contributed by atoms with E-state index in [1.807, 2.05) is 6.07 Å². The fourth-order valence-corrected chi connectivity index (χ4v) is 1.90. The third-order valence-electron chi connectivity index (χ3n) is 1.70. The molecule has 2 aromatic rings. The van der Waals surface area contributed by atoms with E-state index in [9.17, 15) is 0 Å². The van der Waals surface area contributed by atoms with Crippen LogP contribution in [0.2, 0.25) is 5.02 Å². The van der Waals surface area contributed by atoms with Crippen LogP contribution in [-0.4, -0.2) is 9.97 Å². The fourth-order valence-electron chi connectivity index (χ4n) is 1.02. The van der Waals surface area contributed by atoms with Gasteiger partial charge in [-0.2, -0.15) is 0 Å². The Balaban J connectivity index is 2.34. The molecule has 2 heterocycles. The number of pyridine rings is 1.